The van der Waals surface area contributed by atoms with Gasteiger partial charge in [0.2, 0.25) is 5.91 Å². The summed E-state index contributed by atoms with van der Waals surface area (Å²) in [6.07, 6.45) is 0. The largest absolute Gasteiger partial charge is 0.465 e. The Morgan fingerprint density at radius 1 is 1.29 bits per heavy atom. The average Bonchev–Trinajstić information content (AvgIpc) is 2.31. The quantitative estimate of drug-likeness (QED) is 0.686. The molecule has 1 aromatic rings. The SMILES string of the molecule is CCOC(=O)C(C(=O)Nc1ccc(F)cc1F)C(C)(C)C. The van der Waals surface area contributed by atoms with Crippen LogP contribution in [0.4, 0.5) is 14.5 Å². The van der Waals surface area contributed by atoms with Crippen molar-refractivity contribution in [3.8, 4) is 0 Å². The van der Waals surface area contributed by atoms with E-state index in [1.165, 1.54) is 0 Å². The van der Waals surface area contributed by atoms with Gasteiger partial charge in [-0.05, 0) is 24.5 Å². The first-order valence-corrected chi connectivity index (χ1v) is 6.59. The molecule has 1 amide bonds. The van der Waals surface area contributed by atoms with Crippen LogP contribution in [-0.4, -0.2) is 18.5 Å². The fourth-order valence-electron chi connectivity index (χ4n) is 1.88. The van der Waals surface area contributed by atoms with E-state index in [4.69, 9.17) is 4.74 Å². The average molecular weight is 299 g/mol. The summed E-state index contributed by atoms with van der Waals surface area (Å²) in [5.74, 6) is -4.11. The van der Waals surface area contributed by atoms with Gasteiger partial charge in [0, 0.05) is 6.07 Å². The monoisotopic (exact) mass is 299 g/mol. The first-order chi connectivity index (χ1) is 9.66. The molecule has 0 aromatic heterocycles. The lowest BCUT2D eigenvalue weighted by Crippen LogP contribution is -2.40. The van der Waals surface area contributed by atoms with Crippen molar-refractivity contribution in [1.29, 1.82) is 0 Å². The Morgan fingerprint density at radius 2 is 1.90 bits per heavy atom. The van der Waals surface area contributed by atoms with Gasteiger partial charge in [-0.3, -0.25) is 9.59 Å². The minimum Gasteiger partial charge on any atom is -0.465 e. The molecule has 0 radical (unpaired) electrons. The molecule has 6 heteroatoms. The molecule has 0 saturated heterocycles. The number of esters is 1. The second kappa shape index (κ2) is 6.65. The number of hydrogen-bond acceptors (Lipinski definition) is 3. The predicted molar refractivity (Wildman–Crippen MR) is 74.6 cm³/mol. The third-order valence-corrected chi connectivity index (χ3v) is 2.84. The van der Waals surface area contributed by atoms with E-state index in [0.717, 1.165) is 12.1 Å². The highest BCUT2D eigenvalue weighted by molar-refractivity contribution is 6.05. The maximum absolute atomic E-state index is 13.5. The minimum absolute atomic E-state index is 0.142. The Bertz CT molecular complexity index is 538. The zero-order valence-corrected chi connectivity index (χ0v) is 12.5. The summed E-state index contributed by atoms with van der Waals surface area (Å²) in [7, 11) is 0. The van der Waals surface area contributed by atoms with E-state index in [1.807, 2.05) is 0 Å². The lowest BCUT2D eigenvalue weighted by molar-refractivity contribution is -0.155. The Morgan fingerprint density at radius 3 is 2.38 bits per heavy atom. The zero-order valence-electron chi connectivity index (χ0n) is 12.5. The van der Waals surface area contributed by atoms with Crippen LogP contribution in [0.1, 0.15) is 27.7 Å². The van der Waals surface area contributed by atoms with Gasteiger partial charge in [0.15, 0.2) is 0 Å². The van der Waals surface area contributed by atoms with Gasteiger partial charge in [-0.15, -0.1) is 0 Å². The number of rotatable bonds is 4. The van der Waals surface area contributed by atoms with Crippen LogP contribution in [0.25, 0.3) is 0 Å². The molecule has 21 heavy (non-hydrogen) atoms. The third-order valence-electron chi connectivity index (χ3n) is 2.84. The number of amides is 1. The first-order valence-electron chi connectivity index (χ1n) is 6.59. The van der Waals surface area contributed by atoms with Crippen molar-refractivity contribution >= 4 is 17.6 Å². The summed E-state index contributed by atoms with van der Waals surface area (Å²) in [5, 5.41) is 2.30. The highest BCUT2D eigenvalue weighted by Gasteiger charge is 2.39. The highest BCUT2D eigenvalue weighted by atomic mass is 19.1. The lowest BCUT2D eigenvalue weighted by atomic mass is 9.80. The fourth-order valence-corrected chi connectivity index (χ4v) is 1.88. The molecule has 0 bridgehead atoms. The van der Waals surface area contributed by atoms with Crippen LogP contribution in [0.5, 0.6) is 0 Å². The molecule has 1 aromatic carbocycles. The minimum atomic E-state index is -1.10. The summed E-state index contributed by atoms with van der Waals surface area (Å²) >= 11 is 0. The van der Waals surface area contributed by atoms with Crippen molar-refractivity contribution in [2.24, 2.45) is 11.3 Å². The third kappa shape index (κ3) is 4.51. The van der Waals surface area contributed by atoms with Crippen molar-refractivity contribution in [1.82, 2.24) is 0 Å². The van der Waals surface area contributed by atoms with E-state index >= 15 is 0 Å². The van der Waals surface area contributed by atoms with Gasteiger partial charge < -0.3 is 10.1 Å². The van der Waals surface area contributed by atoms with Gasteiger partial charge in [0.05, 0.1) is 12.3 Å². The van der Waals surface area contributed by atoms with E-state index < -0.39 is 34.8 Å². The topological polar surface area (TPSA) is 55.4 Å². The fraction of sp³-hybridized carbons (Fsp3) is 0.467. The molecular weight excluding hydrogens is 280 g/mol. The van der Waals surface area contributed by atoms with E-state index in [9.17, 15) is 18.4 Å². The Kier molecular flexibility index (Phi) is 5.41. The van der Waals surface area contributed by atoms with Crippen LogP contribution < -0.4 is 5.32 Å². The van der Waals surface area contributed by atoms with E-state index in [1.54, 1.807) is 27.7 Å². The molecule has 1 atom stereocenters. The van der Waals surface area contributed by atoms with Crippen molar-refractivity contribution in [2.45, 2.75) is 27.7 Å². The van der Waals surface area contributed by atoms with Gasteiger partial charge >= 0.3 is 5.97 Å². The molecule has 1 unspecified atom stereocenters. The van der Waals surface area contributed by atoms with E-state index in [0.29, 0.717) is 6.07 Å². The molecular formula is C15H19F2NO3. The second-order valence-electron chi connectivity index (χ2n) is 5.66. The Balaban J connectivity index is 2.99. The maximum Gasteiger partial charge on any atom is 0.319 e. The van der Waals surface area contributed by atoms with Gasteiger partial charge in [0.1, 0.15) is 17.6 Å². The van der Waals surface area contributed by atoms with Gasteiger partial charge in [-0.1, -0.05) is 20.8 Å². The van der Waals surface area contributed by atoms with Crippen LogP contribution in [0, 0.1) is 23.0 Å². The zero-order chi connectivity index (χ0) is 16.2. The van der Waals surface area contributed by atoms with Gasteiger partial charge in [0.25, 0.3) is 0 Å². The smallest absolute Gasteiger partial charge is 0.319 e. The molecule has 0 heterocycles. The van der Waals surface area contributed by atoms with Crippen molar-refractivity contribution in [2.75, 3.05) is 11.9 Å². The highest BCUT2D eigenvalue weighted by Crippen LogP contribution is 2.29. The molecule has 0 saturated carbocycles. The molecule has 4 nitrogen and oxygen atoms in total. The normalized spacial score (nSPS) is 12.7. The first kappa shape index (κ1) is 17.1. The Labute approximate surface area is 122 Å². The van der Waals surface area contributed by atoms with Crippen LogP contribution in [0.2, 0.25) is 0 Å². The van der Waals surface area contributed by atoms with Crippen LogP contribution in [0.15, 0.2) is 18.2 Å². The molecule has 1 rings (SSSR count). The van der Waals surface area contributed by atoms with Crippen molar-refractivity contribution in [3.05, 3.63) is 29.8 Å². The van der Waals surface area contributed by atoms with Crippen LogP contribution >= 0.6 is 0 Å². The lowest BCUT2D eigenvalue weighted by Gasteiger charge is -2.27. The molecule has 0 aliphatic carbocycles. The summed E-state index contributed by atoms with van der Waals surface area (Å²) in [4.78, 5) is 24.2. The maximum atomic E-state index is 13.5. The molecule has 1 N–H and O–H groups in total. The summed E-state index contributed by atoms with van der Waals surface area (Å²) in [5.41, 5.74) is -0.882. The molecule has 0 spiro atoms. The summed E-state index contributed by atoms with van der Waals surface area (Å²) in [6, 6.07) is 2.79. The van der Waals surface area contributed by atoms with E-state index in [2.05, 4.69) is 5.32 Å². The number of nitrogens with one attached hydrogen (secondary N) is 1. The van der Waals surface area contributed by atoms with E-state index in [-0.39, 0.29) is 12.3 Å². The van der Waals surface area contributed by atoms with Crippen molar-refractivity contribution < 1.29 is 23.1 Å². The molecule has 0 aliphatic heterocycles. The number of anilines is 1. The number of carbonyl (C=O) groups is 2. The summed E-state index contributed by atoms with van der Waals surface area (Å²) in [6.45, 7) is 6.89. The summed E-state index contributed by atoms with van der Waals surface area (Å²) < 4.78 is 31.3. The molecule has 116 valence electrons. The molecule has 0 fully saturated rings. The van der Waals surface area contributed by atoms with Crippen molar-refractivity contribution in [3.63, 3.8) is 0 Å². The van der Waals surface area contributed by atoms with Crippen LogP contribution in [-0.2, 0) is 14.3 Å². The number of halogens is 2. The Hall–Kier alpha value is -1.98. The second-order valence-corrected chi connectivity index (χ2v) is 5.66. The predicted octanol–water partition coefficient (Wildman–Crippen LogP) is 3.13. The van der Waals surface area contributed by atoms with Crippen LogP contribution in [0.3, 0.4) is 0 Å². The van der Waals surface area contributed by atoms with Gasteiger partial charge in [-0.2, -0.15) is 0 Å². The number of hydrogen-bond donors (Lipinski definition) is 1. The molecule has 0 aliphatic rings. The number of ether oxygens (including phenoxy) is 1. The number of carbonyl (C=O) groups excluding carboxylic acids is 2. The number of benzene rings is 1. The standard InChI is InChI=1S/C15H19F2NO3/c1-5-21-14(20)12(15(2,3)4)13(19)18-11-7-6-9(16)8-10(11)17/h6-8,12H,5H2,1-4H3,(H,18,19). The van der Waals surface area contributed by atoms with Gasteiger partial charge in [-0.25, -0.2) is 8.78 Å².